The number of benzene rings is 1. The van der Waals surface area contributed by atoms with E-state index in [1.54, 1.807) is 6.08 Å². The molecule has 2 aromatic rings. The molecule has 0 saturated carbocycles. The minimum atomic E-state index is -4.40. The van der Waals surface area contributed by atoms with Gasteiger partial charge in [-0.3, -0.25) is 0 Å². The number of carbonyl (C=O) groups excluding carboxylic acids is 1. The lowest BCUT2D eigenvalue weighted by molar-refractivity contribution is -0.137. The van der Waals surface area contributed by atoms with Crippen LogP contribution in [0.1, 0.15) is 11.3 Å². The number of nitrogens with zero attached hydrogens (tertiary/aromatic N) is 2. The zero-order valence-corrected chi connectivity index (χ0v) is 13.2. The van der Waals surface area contributed by atoms with Crippen LogP contribution in [0.2, 0.25) is 0 Å². The highest BCUT2D eigenvalue weighted by atomic mass is 19.4. The van der Waals surface area contributed by atoms with Crippen LogP contribution in [0, 0.1) is 0 Å². The molecule has 4 nitrogen and oxygen atoms in total. The lowest BCUT2D eigenvalue weighted by Gasteiger charge is -2.22. The molecule has 0 bridgehead atoms. The maximum atomic E-state index is 12.6. The fourth-order valence-corrected chi connectivity index (χ4v) is 2.18. The summed E-state index contributed by atoms with van der Waals surface area (Å²) >= 11 is 0. The molecule has 0 atom stereocenters. The fourth-order valence-electron chi connectivity index (χ4n) is 2.18. The van der Waals surface area contributed by atoms with Crippen LogP contribution in [0.5, 0.6) is 0 Å². The Hall–Kier alpha value is -2.70. The van der Waals surface area contributed by atoms with Crippen molar-refractivity contribution in [3.8, 4) is 0 Å². The molecular weight excluding hydrogens is 319 g/mol. The highest BCUT2D eigenvalue weighted by Gasteiger charge is 2.30. The summed E-state index contributed by atoms with van der Waals surface area (Å²) in [6, 6.07) is 7.69. The van der Waals surface area contributed by atoms with E-state index in [1.807, 2.05) is 29.9 Å². The zero-order chi connectivity index (χ0) is 17.7. The maximum absolute atomic E-state index is 12.6. The second-order valence-electron chi connectivity index (χ2n) is 5.28. The number of amides is 2. The minimum absolute atomic E-state index is 0.300. The summed E-state index contributed by atoms with van der Waals surface area (Å²) in [4.78, 5) is 13.9. The molecule has 1 aromatic carbocycles. The first-order chi connectivity index (χ1) is 11.3. The summed E-state index contributed by atoms with van der Waals surface area (Å²) in [5.74, 6) is 0. The first kappa shape index (κ1) is 17.7. The first-order valence-electron chi connectivity index (χ1n) is 7.25. The lowest BCUT2D eigenvalue weighted by Crippen LogP contribution is -2.35. The molecule has 24 heavy (non-hydrogen) atoms. The Labute approximate surface area is 138 Å². The van der Waals surface area contributed by atoms with Gasteiger partial charge < -0.3 is 14.8 Å². The number of hydrogen-bond donors (Lipinski definition) is 1. The number of aryl methyl sites for hydroxylation is 1. The van der Waals surface area contributed by atoms with Crippen molar-refractivity contribution in [2.75, 3.05) is 11.9 Å². The molecule has 0 radical (unpaired) electrons. The molecule has 0 aliphatic carbocycles. The molecule has 0 saturated heterocycles. The topological polar surface area (TPSA) is 37.3 Å². The summed E-state index contributed by atoms with van der Waals surface area (Å²) in [7, 11) is 1.87. The molecule has 1 N–H and O–H groups in total. The Bertz CT molecular complexity index is 705. The van der Waals surface area contributed by atoms with Gasteiger partial charge in [0.15, 0.2) is 0 Å². The van der Waals surface area contributed by atoms with Crippen molar-refractivity contribution in [2.24, 2.45) is 7.05 Å². The quantitative estimate of drug-likeness (QED) is 0.813. The normalized spacial score (nSPS) is 11.2. The van der Waals surface area contributed by atoms with Crippen LogP contribution in [0.4, 0.5) is 23.7 Å². The number of halogens is 3. The van der Waals surface area contributed by atoms with Crippen LogP contribution in [-0.4, -0.2) is 22.0 Å². The van der Waals surface area contributed by atoms with Crippen LogP contribution in [0.15, 0.2) is 55.3 Å². The summed E-state index contributed by atoms with van der Waals surface area (Å²) in [5.41, 5.74) is 0.473. The monoisotopic (exact) mass is 337 g/mol. The highest BCUT2D eigenvalue weighted by molar-refractivity contribution is 5.89. The molecule has 1 heterocycles. The van der Waals surface area contributed by atoms with Gasteiger partial charge in [-0.2, -0.15) is 13.2 Å². The fraction of sp³-hybridized carbons (Fsp3) is 0.235. The number of anilines is 1. The smallest absolute Gasteiger partial charge is 0.353 e. The van der Waals surface area contributed by atoms with Gasteiger partial charge in [0.1, 0.15) is 0 Å². The Morgan fingerprint density at radius 2 is 1.96 bits per heavy atom. The molecular formula is C17H18F3N3O. The first-order valence-corrected chi connectivity index (χ1v) is 7.25. The van der Waals surface area contributed by atoms with Gasteiger partial charge in [-0.25, -0.2) is 4.79 Å². The average molecular weight is 337 g/mol. The van der Waals surface area contributed by atoms with E-state index in [9.17, 15) is 18.0 Å². The van der Waals surface area contributed by atoms with Crippen molar-refractivity contribution in [1.82, 2.24) is 9.47 Å². The van der Waals surface area contributed by atoms with E-state index in [0.29, 0.717) is 18.8 Å². The predicted octanol–water partition coefficient (Wildman–Crippen LogP) is 4.26. The van der Waals surface area contributed by atoms with Gasteiger partial charge in [0.25, 0.3) is 0 Å². The molecule has 0 aliphatic heterocycles. The Balaban J connectivity index is 2.07. The molecule has 2 amide bonds. The van der Waals surface area contributed by atoms with E-state index in [2.05, 4.69) is 11.9 Å². The molecule has 0 spiro atoms. The largest absolute Gasteiger partial charge is 0.416 e. The molecule has 0 fully saturated rings. The second kappa shape index (κ2) is 7.25. The van der Waals surface area contributed by atoms with Gasteiger partial charge in [-0.1, -0.05) is 6.08 Å². The van der Waals surface area contributed by atoms with Crippen molar-refractivity contribution < 1.29 is 18.0 Å². The number of urea groups is 1. The standard InChI is InChI=1S/C17H18F3N3O/c1-3-10-23(12-15-5-4-11-22(15)2)16(24)21-14-8-6-13(7-9-14)17(18,19)20/h3-9,11H,1,10,12H2,2H3,(H,21,24). The van der Waals surface area contributed by atoms with Gasteiger partial charge in [0, 0.05) is 31.2 Å². The van der Waals surface area contributed by atoms with Crippen molar-refractivity contribution in [2.45, 2.75) is 12.7 Å². The lowest BCUT2D eigenvalue weighted by atomic mass is 10.2. The summed E-state index contributed by atoms with van der Waals surface area (Å²) < 4.78 is 39.5. The number of hydrogen-bond acceptors (Lipinski definition) is 1. The molecule has 1 aromatic heterocycles. The van der Waals surface area contributed by atoms with Crippen molar-refractivity contribution in [3.63, 3.8) is 0 Å². The van der Waals surface area contributed by atoms with Gasteiger partial charge in [0.2, 0.25) is 0 Å². The van der Waals surface area contributed by atoms with Crippen molar-refractivity contribution >= 4 is 11.7 Å². The average Bonchev–Trinajstić information content (AvgIpc) is 2.91. The van der Waals surface area contributed by atoms with Crippen molar-refractivity contribution in [3.05, 3.63) is 66.5 Å². The summed E-state index contributed by atoms with van der Waals surface area (Å²) in [6.45, 7) is 4.31. The van der Waals surface area contributed by atoms with E-state index in [4.69, 9.17) is 0 Å². The van der Waals surface area contributed by atoms with Crippen LogP contribution in [0.3, 0.4) is 0 Å². The van der Waals surface area contributed by atoms with E-state index >= 15 is 0 Å². The summed E-state index contributed by atoms with van der Waals surface area (Å²) in [5, 5.41) is 2.60. The Morgan fingerprint density at radius 1 is 1.29 bits per heavy atom. The number of rotatable bonds is 5. The zero-order valence-electron chi connectivity index (χ0n) is 13.2. The van der Waals surface area contributed by atoms with Crippen LogP contribution < -0.4 is 5.32 Å². The Morgan fingerprint density at radius 3 is 2.46 bits per heavy atom. The van der Waals surface area contributed by atoms with E-state index in [1.165, 1.54) is 17.0 Å². The number of carbonyl (C=O) groups is 1. The third kappa shape index (κ3) is 4.41. The van der Waals surface area contributed by atoms with Crippen LogP contribution >= 0.6 is 0 Å². The maximum Gasteiger partial charge on any atom is 0.416 e. The molecule has 2 rings (SSSR count). The molecule has 0 unspecified atom stereocenters. The van der Waals surface area contributed by atoms with Crippen LogP contribution in [-0.2, 0) is 19.8 Å². The second-order valence-corrected chi connectivity index (χ2v) is 5.28. The highest BCUT2D eigenvalue weighted by Crippen LogP contribution is 2.29. The number of nitrogens with one attached hydrogen (secondary N) is 1. The predicted molar refractivity (Wildman–Crippen MR) is 86.5 cm³/mol. The third-order valence-corrected chi connectivity index (χ3v) is 3.50. The number of aromatic nitrogens is 1. The number of alkyl halides is 3. The van der Waals surface area contributed by atoms with E-state index in [0.717, 1.165) is 17.8 Å². The van der Waals surface area contributed by atoms with Gasteiger partial charge in [-0.15, -0.1) is 6.58 Å². The summed E-state index contributed by atoms with van der Waals surface area (Å²) in [6.07, 6.45) is -0.936. The minimum Gasteiger partial charge on any atom is -0.353 e. The van der Waals surface area contributed by atoms with Gasteiger partial charge in [-0.05, 0) is 36.4 Å². The van der Waals surface area contributed by atoms with Gasteiger partial charge in [0.05, 0.1) is 12.1 Å². The van der Waals surface area contributed by atoms with Crippen LogP contribution in [0.25, 0.3) is 0 Å². The van der Waals surface area contributed by atoms with Gasteiger partial charge >= 0.3 is 12.2 Å². The third-order valence-electron chi connectivity index (χ3n) is 3.50. The van der Waals surface area contributed by atoms with E-state index < -0.39 is 17.8 Å². The Kier molecular flexibility index (Phi) is 5.33. The SMILES string of the molecule is C=CCN(Cc1cccn1C)C(=O)Nc1ccc(C(F)(F)F)cc1. The van der Waals surface area contributed by atoms with E-state index in [-0.39, 0.29) is 0 Å². The molecule has 128 valence electrons. The van der Waals surface area contributed by atoms with Crippen molar-refractivity contribution in [1.29, 1.82) is 0 Å². The molecule has 0 aliphatic rings. The molecule has 7 heteroatoms.